The molecule has 4 rings (SSSR count). The van der Waals surface area contributed by atoms with Crippen LogP contribution in [0.3, 0.4) is 0 Å². The highest BCUT2D eigenvalue weighted by molar-refractivity contribution is 5.94. The van der Waals surface area contributed by atoms with Gasteiger partial charge in [0.15, 0.2) is 0 Å². The molecule has 1 unspecified atom stereocenters. The normalized spacial score (nSPS) is 14.9. The maximum atomic E-state index is 14.2. The lowest BCUT2D eigenvalue weighted by molar-refractivity contribution is -0.139. The number of allylic oxidation sites excluding steroid dienone is 1. The Bertz CT molecular complexity index is 1370. The molecule has 0 saturated carbocycles. The molecule has 0 amide bonds. The molecule has 1 aliphatic rings. The zero-order chi connectivity index (χ0) is 28.3. The van der Waals surface area contributed by atoms with Crippen LogP contribution < -0.4 is 9.64 Å². The maximum Gasteiger partial charge on any atom is 0.416 e. The van der Waals surface area contributed by atoms with E-state index in [1.54, 1.807) is 33.0 Å². The molecule has 41 heavy (non-hydrogen) atoms. The highest BCUT2D eigenvalue weighted by Gasteiger charge is 2.43. The number of hydrogen-bond acceptors (Lipinski definition) is 5. The summed E-state index contributed by atoms with van der Waals surface area (Å²) in [6.07, 6.45) is -3.45. The van der Waals surface area contributed by atoms with Crippen molar-refractivity contribution in [1.29, 1.82) is 0 Å². The van der Waals surface area contributed by atoms with Gasteiger partial charge in [0.25, 0.3) is 0 Å². The average molecular weight is 613 g/mol. The summed E-state index contributed by atoms with van der Waals surface area (Å²) in [4.78, 5) is 21.0. The van der Waals surface area contributed by atoms with Gasteiger partial charge in [-0.15, -0.1) is 24.8 Å². The Morgan fingerprint density at radius 2 is 1.71 bits per heavy atom. The Kier molecular flexibility index (Phi) is 11.6. The van der Waals surface area contributed by atoms with Gasteiger partial charge in [0.2, 0.25) is 5.88 Å². The van der Waals surface area contributed by atoms with Gasteiger partial charge in [-0.1, -0.05) is 48.5 Å². The van der Waals surface area contributed by atoms with Crippen molar-refractivity contribution in [3.8, 4) is 5.88 Å². The van der Waals surface area contributed by atoms with Crippen LogP contribution in [0, 0.1) is 0 Å². The number of aromatic nitrogens is 1. The number of benzene rings is 2. The van der Waals surface area contributed by atoms with Crippen molar-refractivity contribution in [1.82, 2.24) is 9.88 Å². The van der Waals surface area contributed by atoms with E-state index >= 15 is 0 Å². The van der Waals surface area contributed by atoms with Gasteiger partial charge in [0, 0.05) is 31.5 Å². The summed E-state index contributed by atoms with van der Waals surface area (Å²) >= 11 is 0. The van der Waals surface area contributed by atoms with Crippen LogP contribution in [0.2, 0.25) is 0 Å². The second-order valence-electron chi connectivity index (χ2n) is 9.91. The number of alkyl halides is 3. The summed E-state index contributed by atoms with van der Waals surface area (Å²) in [6, 6.07) is 16.8. The zero-order valence-corrected chi connectivity index (χ0v) is 24.8. The van der Waals surface area contributed by atoms with Gasteiger partial charge in [-0.05, 0) is 51.1 Å². The first-order chi connectivity index (χ1) is 18.5. The van der Waals surface area contributed by atoms with Crippen molar-refractivity contribution in [3.63, 3.8) is 0 Å². The lowest BCUT2D eigenvalue weighted by Crippen LogP contribution is -2.38. The number of carboxylic acid groups (broad SMARTS) is 1. The molecule has 3 aromatic rings. The molecule has 1 N–H and O–H groups in total. The minimum Gasteiger partial charge on any atom is -0.478 e. The molecule has 0 spiro atoms. The fourth-order valence-corrected chi connectivity index (χ4v) is 5.08. The first-order valence-electron chi connectivity index (χ1n) is 12.7. The number of aliphatic carboxylic acids is 1. The van der Waals surface area contributed by atoms with E-state index in [2.05, 4.69) is 9.88 Å². The van der Waals surface area contributed by atoms with Crippen LogP contribution in [0.15, 0.2) is 78.1 Å². The number of halogens is 5. The lowest BCUT2D eigenvalue weighted by Gasteiger charge is -2.39. The molecule has 0 aliphatic carbocycles. The second-order valence-corrected chi connectivity index (χ2v) is 9.91. The number of anilines is 1. The second kappa shape index (κ2) is 14.1. The van der Waals surface area contributed by atoms with Crippen LogP contribution >= 0.6 is 24.8 Å². The quantitative estimate of drug-likeness (QED) is 0.277. The fourth-order valence-electron chi connectivity index (χ4n) is 5.08. The van der Waals surface area contributed by atoms with Gasteiger partial charge in [-0.25, -0.2) is 9.78 Å². The molecule has 0 bridgehead atoms. The summed E-state index contributed by atoms with van der Waals surface area (Å²) in [7, 11) is 1.97. The maximum absolute atomic E-state index is 14.2. The molecule has 6 nitrogen and oxygen atoms in total. The van der Waals surface area contributed by atoms with E-state index < -0.39 is 23.6 Å². The van der Waals surface area contributed by atoms with Crippen molar-refractivity contribution in [3.05, 3.63) is 100 Å². The average Bonchev–Trinajstić information content (AvgIpc) is 2.87. The summed E-state index contributed by atoms with van der Waals surface area (Å²) in [5.74, 6) is -2.39. The first kappa shape index (κ1) is 33.9. The largest absolute Gasteiger partial charge is 0.478 e. The number of carbonyl (C=O) groups is 1. The molecule has 1 atom stereocenters. The molecule has 0 fully saturated rings. The van der Waals surface area contributed by atoms with E-state index in [1.165, 1.54) is 18.2 Å². The van der Waals surface area contributed by atoms with Crippen LogP contribution in [0.25, 0.3) is 0 Å². The predicted molar refractivity (Wildman–Crippen MR) is 158 cm³/mol. The third kappa shape index (κ3) is 7.52. The Morgan fingerprint density at radius 3 is 2.32 bits per heavy atom. The standard InChI is InChI=1S/C30H32F3N3O3.2ClH/c1-19(2)39-28-27-24(14-15-34-28)36(17-16-35(4)18-21-10-6-5-7-11-21)20(3)25(29(37)38)26(27)22-12-8-9-13-23(22)30(31,32)33;;/h5-15,19,26H,16-18H2,1-4H3,(H,37,38);2*1H. The topological polar surface area (TPSA) is 65.9 Å². The van der Waals surface area contributed by atoms with E-state index in [0.717, 1.165) is 11.6 Å². The Balaban J connectivity index is 0.00000294. The molecular formula is C30H34Cl2F3N3O3. The molecule has 0 radical (unpaired) electrons. The first-order valence-corrected chi connectivity index (χ1v) is 12.7. The molecule has 222 valence electrons. The molecule has 11 heteroatoms. The Morgan fingerprint density at radius 1 is 1.07 bits per heavy atom. The van der Waals surface area contributed by atoms with Gasteiger partial charge in [0.1, 0.15) is 0 Å². The van der Waals surface area contributed by atoms with E-state index in [9.17, 15) is 23.1 Å². The van der Waals surface area contributed by atoms with Crippen LogP contribution in [0.5, 0.6) is 5.88 Å². The summed E-state index contributed by atoms with van der Waals surface area (Å²) < 4.78 is 48.4. The van der Waals surface area contributed by atoms with Crippen molar-refractivity contribution in [2.75, 3.05) is 25.0 Å². The molecule has 2 heterocycles. The van der Waals surface area contributed by atoms with E-state index in [0.29, 0.717) is 36.6 Å². The van der Waals surface area contributed by atoms with Gasteiger partial charge >= 0.3 is 12.1 Å². The molecule has 0 saturated heterocycles. The number of carboxylic acids is 1. The number of fused-ring (bicyclic) bond motifs is 1. The summed E-state index contributed by atoms with van der Waals surface area (Å²) in [5, 5.41) is 10.4. The predicted octanol–water partition coefficient (Wildman–Crippen LogP) is 7.17. The van der Waals surface area contributed by atoms with Gasteiger partial charge < -0.3 is 19.6 Å². The number of ether oxygens (including phenoxy) is 1. The van der Waals surface area contributed by atoms with Gasteiger partial charge in [0.05, 0.1) is 34.4 Å². The minimum absolute atomic E-state index is 0. The zero-order valence-electron chi connectivity index (χ0n) is 23.2. The Labute approximate surface area is 250 Å². The number of pyridine rings is 1. The molecular weight excluding hydrogens is 578 g/mol. The van der Waals surface area contributed by atoms with E-state index in [1.807, 2.05) is 42.3 Å². The SMILES string of the molecule is CC1=C(C(=O)O)C(c2ccccc2C(F)(F)F)c2c(ccnc2OC(C)C)N1CCN(C)Cc1ccccc1.Cl.Cl. The third-order valence-electron chi connectivity index (χ3n) is 6.75. The van der Waals surface area contributed by atoms with E-state index in [-0.39, 0.29) is 47.9 Å². The van der Waals surface area contributed by atoms with Crippen LogP contribution in [0.4, 0.5) is 18.9 Å². The van der Waals surface area contributed by atoms with Crippen molar-refractivity contribution in [2.45, 2.75) is 45.5 Å². The smallest absolute Gasteiger partial charge is 0.416 e. The van der Waals surface area contributed by atoms with Gasteiger partial charge in [-0.3, -0.25) is 0 Å². The highest BCUT2D eigenvalue weighted by atomic mass is 35.5. The number of hydrogen-bond donors (Lipinski definition) is 1. The van der Waals surface area contributed by atoms with E-state index in [4.69, 9.17) is 4.74 Å². The molecule has 1 aromatic heterocycles. The molecule has 2 aromatic carbocycles. The van der Waals surface area contributed by atoms with Crippen molar-refractivity contribution < 1.29 is 27.8 Å². The number of likely N-dealkylation sites (N-methyl/N-ethyl adjacent to an activating group) is 1. The van der Waals surface area contributed by atoms with Crippen LogP contribution in [-0.2, 0) is 17.5 Å². The lowest BCUT2D eigenvalue weighted by atomic mass is 9.78. The van der Waals surface area contributed by atoms with Crippen molar-refractivity contribution >= 4 is 36.5 Å². The summed E-state index contributed by atoms with van der Waals surface area (Å²) in [5.41, 5.74) is 1.25. The third-order valence-corrected chi connectivity index (χ3v) is 6.75. The monoisotopic (exact) mass is 611 g/mol. The van der Waals surface area contributed by atoms with Crippen molar-refractivity contribution in [2.24, 2.45) is 0 Å². The number of rotatable bonds is 9. The summed E-state index contributed by atoms with van der Waals surface area (Å²) in [6.45, 7) is 6.91. The number of nitrogens with zero attached hydrogens (tertiary/aromatic N) is 3. The molecule has 1 aliphatic heterocycles. The minimum atomic E-state index is -4.67. The van der Waals surface area contributed by atoms with Gasteiger partial charge in [-0.2, -0.15) is 13.2 Å². The highest BCUT2D eigenvalue weighted by Crippen LogP contribution is 2.50. The van der Waals surface area contributed by atoms with Crippen LogP contribution in [0.1, 0.15) is 48.9 Å². The fraction of sp³-hybridized carbons (Fsp3) is 0.333. The Hall–Kier alpha value is -3.27. The van der Waals surface area contributed by atoms with Crippen LogP contribution in [-0.4, -0.2) is 47.2 Å².